The normalized spacial score (nSPS) is 11.4. The number of hydrogen-bond donors (Lipinski definition) is 2. The van der Waals surface area contributed by atoms with E-state index < -0.39 is 0 Å². The van der Waals surface area contributed by atoms with Gasteiger partial charge >= 0.3 is 0 Å². The summed E-state index contributed by atoms with van der Waals surface area (Å²) in [6, 6.07) is 3.13. The summed E-state index contributed by atoms with van der Waals surface area (Å²) in [6.45, 7) is 1.62. The Morgan fingerprint density at radius 1 is 1.53 bits per heavy atom. The van der Waals surface area contributed by atoms with Gasteiger partial charge in [0.15, 0.2) is 0 Å². The zero-order valence-electron chi connectivity index (χ0n) is 11.1. The lowest BCUT2D eigenvalue weighted by atomic mass is 10.1. The van der Waals surface area contributed by atoms with Gasteiger partial charge in [0.25, 0.3) is 5.91 Å². The standard InChI is InChI=1S/C14H18N2O3/c1-11(10-18)16(2)14(19)13-12(6-3-4-9-17)7-5-8-15-13/h5,7-8,11,17-18H,4,9-10H2,1-2H3. The van der Waals surface area contributed by atoms with E-state index in [-0.39, 0.29) is 30.9 Å². The second-order valence-electron chi connectivity index (χ2n) is 4.12. The number of amides is 1. The van der Waals surface area contributed by atoms with E-state index in [1.165, 1.54) is 11.1 Å². The van der Waals surface area contributed by atoms with E-state index in [0.717, 1.165) is 0 Å². The maximum atomic E-state index is 12.2. The van der Waals surface area contributed by atoms with Gasteiger partial charge in [0.2, 0.25) is 0 Å². The molecule has 5 nitrogen and oxygen atoms in total. The first-order chi connectivity index (χ1) is 9.11. The zero-order valence-corrected chi connectivity index (χ0v) is 11.1. The quantitative estimate of drug-likeness (QED) is 0.764. The summed E-state index contributed by atoms with van der Waals surface area (Å²) in [7, 11) is 1.61. The third-order valence-corrected chi connectivity index (χ3v) is 2.72. The van der Waals surface area contributed by atoms with Gasteiger partial charge < -0.3 is 15.1 Å². The number of carbonyl (C=O) groups is 1. The Hall–Kier alpha value is -1.90. The Balaban J connectivity index is 3.01. The van der Waals surface area contributed by atoms with Gasteiger partial charge in [-0.1, -0.05) is 11.8 Å². The van der Waals surface area contributed by atoms with Crippen molar-refractivity contribution in [2.24, 2.45) is 0 Å². The van der Waals surface area contributed by atoms with Crippen LogP contribution in [0.15, 0.2) is 18.3 Å². The molecule has 0 radical (unpaired) electrons. The van der Waals surface area contributed by atoms with Gasteiger partial charge in [-0.05, 0) is 19.1 Å². The Labute approximate surface area is 112 Å². The van der Waals surface area contributed by atoms with Crippen LogP contribution in [0.2, 0.25) is 0 Å². The van der Waals surface area contributed by atoms with E-state index in [1.807, 2.05) is 0 Å². The second-order valence-corrected chi connectivity index (χ2v) is 4.12. The van der Waals surface area contributed by atoms with E-state index in [9.17, 15) is 4.79 Å². The van der Waals surface area contributed by atoms with Crippen molar-refractivity contribution in [2.45, 2.75) is 19.4 Å². The lowest BCUT2D eigenvalue weighted by Gasteiger charge is -2.23. The fraction of sp³-hybridized carbons (Fsp3) is 0.429. The molecule has 0 aliphatic carbocycles. The molecule has 0 spiro atoms. The number of nitrogens with zero attached hydrogens (tertiary/aromatic N) is 2. The van der Waals surface area contributed by atoms with Crippen LogP contribution < -0.4 is 0 Å². The number of aliphatic hydroxyl groups is 2. The predicted octanol–water partition coefficient (Wildman–Crippen LogP) is 0.268. The van der Waals surface area contributed by atoms with Gasteiger partial charge in [-0.3, -0.25) is 4.79 Å². The molecule has 5 heteroatoms. The molecule has 0 bridgehead atoms. The van der Waals surface area contributed by atoms with Crippen LogP contribution >= 0.6 is 0 Å². The van der Waals surface area contributed by atoms with E-state index in [1.54, 1.807) is 26.1 Å². The fourth-order valence-corrected chi connectivity index (χ4v) is 1.38. The van der Waals surface area contributed by atoms with E-state index in [2.05, 4.69) is 16.8 Å². The van der Waals surface area contributed by atoms with Gasteiger partial charge in [0, 0.05) is 19.7 Å². The molecule has 1 aromatic heterocycles. The number of aromatic nitrogens is 1. The molecule has 1 amide bonds. The summed E-state index contributed by atoms with van der Waals surface area (Å²) in [6.07, 6.45) is 1.88. The monoisotopic (exact) mass is 262 g/mol. The highest BCUT2D eigenvalue weighted by molar-refractivity contribution is 5.94. The minimum Gasteiger partial charge on any atom is -0.395 e. The Kier molecular flexibility index (Phi) is 6.00. The van der Waals surface area contributed by atoms with Crippen LogP contribution in [0.1, 0.15) is 29.4 Å². The van der Waals surface area contributed by atoms with Crippen LogP contribution in [0.4, 0.5) is 0 Å². The Morgan fingerprint density at radius 3 is 2.89 bits per heavy atom. The summed E-state index contributed by atoms with van der Waals surface area (Å²) in [4.78, 5) is 17.7. The minimum absolute atomic E-state index is 0.0159. The zero-order chi connectivity index (χ0) is 14.3. The molecular weight excluding hydrogens is 244 g/mol. The smallest absolute Gasteiger partial charge is 0.273 e. The van der Waals surface area contributed by atoms with Crippen molar-refractivity contribution in [3.05, 3.63) is 29.6 Å². The van der Waals surface area contributed by atoms with E-state index in [4.69, 9.17) is 10.2 Å². The average molecular weight is 262 g/mol. The van der Waals surface area contributed by atoms with Crippen molar-refractivity contribution in [3.63, 3.8) is 0 Å². The summed E-state index contributed by atoms with van der Waals surface area (Å²) >= 11 is 0. The van der Waals surface area contributed by atoms with Crippen molar-refractivity contribution in [1.82, 2.24) is 9.88 Å². The average Bonchev–Trinajstić information content (AvgIpc) is 2.45. The third kappa shape index (κ3) is 4.05. The molecule has 19 heavy (non-hydrogen) atoms. The second kappa shape index (κ2) is 7.52. The molecule has 0 aliphatic heterocycles. The highest BCUT2D eigenvalue weighted by Crippen LogP contribution is 2.09. The lowest BCUT2D eigenvalue weighted by molar-refractivity contribution is 0.0676. The molecule has 1 heterocycles. The number of pyridine rings is 1. The molecule has 0 saturated carbocycles. The number of rotatable bonds is 4. The molecule has 0 aliphatic rings. The van der Waals surface area contributed by atoms with Gasteiger partial charge in [-0.25, -0.2) is 4.98 Å². The minimum atomic E-state index is -0.284. The first-order valence-electron chi connectivity index (χ1n) is 6.04. The maximum absolute atomic E-state index is 12.2. The summed E-state index contributed by atoms with van der Waals surface area (Å²) < 4.78 is 0. The molecule has 1 aromatic rings. The molecule has 1 rings (SSSR count). The largest absolute Gasteiger partial charge is 0.395 e. The highest BCUT2D eigenvalue weighted by Gasteiger charge is 2.20. The van der Waals surface area contributed by atoms with Gasteiger partial charge in [0.05, 0.1) is 24.8 Å². The van der Waals surface area contributed by atoms with Crippen LogP contribution in [0.3, 0.4) is 0 Å². The number of carbonyl (C=O) groups excluding carboxylic acids is 1. The Bertz CT molecular complexity index is 491. The predicted molar refractivity (Wildman–Crippen MR) is 71.5 cm³/mol. The summed E-state index contributed by atoms with van der Waals surface area (Å²) in [5.41, 5.74) is 0.786. The molecular formula is C14H18N2O3. The van der Waals surface area contributed by atoms with Crippen LogP contribution in [0.5, 0.6) is 0 Å². The molecule has 1 unspecified atom stereocenters. The SMILES string of the molecule is CC(CO)N(C)C(=O)c1ncccc1C#CCCO. The van der Waals surface area contributed by atoms with Crippen molar-refractivity contribution in [2.75, 3.05) is 20.3 Å². The molecule has 1 atom stereocenters. The Morgan fingerprint density at radius 2 is 2.26 bits per heavy atom. The topological polar surface area (TPSA) is 73.7 Å². The molecule has 0 fully saturated rings. The number of aliphatic hydroxyl groups excluding tert-OH is 2. The summed E-state index contributed by atoms with van der Waals surface area (Å²) in [5, 5.41) is 17.8. The molecule has 2 N–H and O–H groups in total. The highest BCUT2D eigenvalue weighted by atomic mass is 16.3. The summed E-state index contributed by atoms with van der Waals surface area (Å²) in [5.74, 6) is 5.31. The van der Waals surface area contributed by atoms with E-state index >= 15 is 0 Å². The van der Waals surface area contributed by atoms with Crippen LogP contribution in [-0.2, 0) is 0 Å². The van der Waals surface area contributed by atoms with Crippen LogP contribution in [0, 0.1) is 11.8 Å². The van der Waals surface area contributed by atoms with Crippen LogP contribution in [0.25, 0.3) is 0 Å². The van der Waals surface area contributed by atoms with Crippen LogP contribution in [-0.4, -0.2) is 52.3 Å². The number of hydrogen-bond acceptors (Lipinski definition) is 4. The van der Waals surface area contributed by atoms with Gasteiger partial charge in [-0.15, -0.1) is 0 Å². The molecule has 0 aromatic carbocycles. The first-order valence-corrected chi connectivity index (χ1v) is 6.04. The first kappa shape index (κ1) is 15.2. The maximum Gasteiger partial charge on any atom is 0.273 e. The third-order valence-electron chi connectivity index (χ3n) is 2.72. The van der Waals surface area contributed by atoms with Crippen molar-refractivity contribution in [1.29, 1.82) is 0 Å². The molecule has 0 saturated heterocycles. The van der Waals surface area contributed by atoms with Crippen molar-refractivity contribution < 1.29 is 15.0 Å². The van der Waals surface area contributed by atoms with Gasteiger partial charge in [0.1, 0.15) is 5.69 Å². The lowest BCUT2D eigenvalue weighted by Crippen LogP contribution is -2.38. The van der Waals surface area contributed by atoms with Gasteiger partial charge in [-0.2, -0.15) is 0 Å². The van der Waals surface area contributed by atoms with Crippen molar-refractivity contribution in [3.8, 4) is 11.8 Å². The van der Waals surface area contributed by atoms with E-state index in [0.29, 0.717) is 12.0 Å². The fourth-order valence-electron chi connectivity index (χ4n) is 1.38. The number of likely N-dealkylation sites (N-methyl/N-ethyl adjacent to an activating group) is 1. The molecule has 102 valence electrons. The van der Waals surface area contributed by atoms with Crippen molar-refractivity contribution >= 4 is 5.91 Å².